The number of rotatable bonds is 5. The average molecular weight is 460 g/mol. The van der Waals surface area contributed by atoms with Crippen LogP contribution in [0.1, 0.15) is 0 Å². The Labute approximate surface area is 193 Å². The number of hydrogen-bond acceptors (Lipinski definition) is 5. The van der Waals surface area contributed by atoms with Gasteiger partial charge in [0.2, 0.25) is 11.7 Å². The number of para-hydroxylation sites is 2. The number of carbonyl (C=O) groups excluding carboxylic acids is 1. The number of benzene rings is 2. The quantitative estimate of drug-likeness (QED) is 0.429. The van der Waals surface area contributed by atoms with Gasteiger partial charge in [0, 0.05) is 29.7 Å². The molecule has 5 rings (SSSR count). The number of carbonyl (C=O) groups is 1. The molecule has 164 valence electrons. The largest absolute Gasteiger partial charge is 0.495 e. The van der Waals surface area contributed by atoms with Gasteiger partial charge in [-0.3, -0.25) is 14.6 Å². The van der Waals surface area contributed by atoms with Crippen molar-refractivity contribution in [2.75, 3.05) is 12.4 Å². The summed E-state index contributed by atoms with van der Waals surface area (Å²) in [6.07, 6.45) is 3.28. The SMILES string of the molecule is COc1ccc(NC(=O)Cn2c3ccccc3n3c(=O)cc(-c4ccncc4)nc23)cc1Cl. The molecule has 0 aliphatic carbocycles. The number of pyridine rings is 1. The molecule has 0 saturated heterocycles. The molecule has 0 unspecified atom stereocenters. The zero-order chi connectivity index (χ0) is 22.9. The smallest absolute Gasteiger partial charge is 0.260 e. The minimum atomic E-state index is -0.289. The van der Waals surface area contributed by atoms with Crippen LogP contribution in [0.15, 0.2) is 77.9 Å². The molecule has 33 heavy (non-hydrogen) atoms. The Kier molecular flexibility index (Phi) is 5.27. The van der Waals surface area contributed by atoms with E-state index in [4.69, 9.17) is 21.3 Å². The average Bonchev–Trinajstić information content (AvgIpc) is 3.13. The Morgan fingerprint density at radius 2 is 1.82 bits per heavy atom. The summed E-state index contributed by atoms with van der Waals surface area (Å²) >= 11 is 6.17. The van der Waals surface area contributed by atoms with Gasteiger partial charge in [-0.25, -0.2) is 9.38 Å². The molecule has 3 aromatic heterocycles. The normalized spacial score (nSPS) is 11.1. The van der Waals surface area contributed by atoms with Gasteiger partial charge in [0.15, 0.2) is 0 Å². The van der Waals surface area contributed by atoms with Crippen LogP contribution in [0.4, 0.5) is 5.69 Å². The fourth-order valence-electron chi connectivity index (χ4n) is 3.78. The second-order valence-electron chi connectivity index (χ2n) is 7.32. The van der Waals surface area contributed by atoms with E-state index in [1.54, 1.807) is 47.3 Å². The third-order valence-corrected chi connectivity index (χ3v) is 5.56. The molecule has 1 N–H and O–H groups in total. The summed E-state index contributed by atoms with van der Waals surface area (Å²) < 4.78 is 8.39. The highest BCUT2D eigenvalue weighted by molar-refractivity contribution is 6.32. The van der Waals surface area contributed by atoms with Crippen molar-refractivity contribution in [1.82, 2.24) is 18.9 Å². The van der Waals surface area contributed by atoms with E-state index in [9.17, 15) is 9.59 Å². The van der Waals surface area contributed by atoms with Gasteiger partial charge >= 0.3 is 0 Å². The zero-order valence-corrected chi connectivity index (χ0v) is 18.3. The van der Waals surface area contributed by atoms with E-state index < -0.39 is 0 Å². The van der Waals surface area contributed by atoms with Crippen molar-refractivity contribution in [3.8, 4) is 17.0 Å². The molecule has 0 fully saturated rings. The molecule has 0 atom stereocenters. The first-order valence-corrected chi connectivity index (χ1v) is 10.5. The minimum absolute atomic E-state index is 0.0487. The maximum atomic E-state index is 13.0. The van der Waals surface area contributed by atoms with Crippen LogP contribution in [-0.2, 0) is 11.3 Å². The second kappa shape index (κ2) is 8.40. The second-order valence-corrected chi connectivity index (χ2v) is 7.73. The van der Waals surface area contributed by atoms with Crippen LogP contribution in [0.3, 0.4) is 0 Å². The van der Waals surface area contributed by atoms with Crippen molar-refractivity contribution in [3.05, 3.63) is 88.4 Å². The molecular formula is C24H18ClN5O3. The summed E-state index contributed by atoms with van der Waals surface area (Å²) in [5, 5.41) is 3.23. The summed E-state index contributed by atoms with van der Waals surface area (Å²) in [5.41, 5.74) is 2.97. The topological polar surface area (TPSA) is 90.5 Å². The lowest BCUT2D eigenvalue weighted by Gasteiger charge is -2.10. The molecule has 0 radical (unpaired) electrons. The van der Waals surface area contributed by atoms with Gasteiger partial charge in [0.05, 0.1) is 28.9 Å². The number of aromatic nitrogens is 4. The van der Waals surface area contributed by atoms with E-state index in [-0.39, 0.29) is 18.0 Å². The summed E-state index contributed by atoms with van der Waals surface area (Å²) in [6, 6.07) is 17.4. The number of halogens is 1. The maximum Gasteiger partial charge on any atom is 0.260 e. The van der Waals surface area contributed by atoms with Crippen LogP contribution >= 0.6 is 11.6 Å². The zero-order valence-electron chi connectivity index (χ0n) is 17.5. The molecule has 1 amide bonds. The van der Waals surface area contributed by atoms with E-state index in [2.05, 4.69) is 10.3 Å². The first-order valence-electron chi connectivity index (χ1n) is 10.1. The summed E-state index contributed by atoms with van der Waals surface area (Å²) in [4.78, 5) is 34.7. The van der Waals surface area contributed by atoms with E-state index in [0.29, 0.717) is 33.4 Å². The van der Waals surface area contributed by atoms with Crippen LogP contribution in [0.25, 0.3) is 28.1 Å². The summed E-state index contributed by atoms with van der Waals surface area (Å²) in [5.74, 6) is 0.603. The maximum absolute atomic E-state index is 13.0. The minimum Gasteiger partial charge on any atom is -0.495 e. The Morgan fingerprint density at radius 1 is 1.06 bits per heavy atom. The predicted molar refractivity (Wildman–Crippen MR) is 127 cm³/mol. The Hall–Kier alpha value is -4.17. The van der Waals surface area contributed by atoms with Crippen LogP contribution < -0.4 is 15.6 Å². The molecule has 8 nitrogen and oxygen atoms in total. The predicted octanol–water partition coefficient (Wildman–Crippen LogP) is 4.01. The van der Waals surface area contributed by atoms with Crippen molar-refractivity contribution in [2.45, 2.75) is 6.54 Å². The monoisotopic (exact) mass is 459 g/mol. The van der Waals surface area contributed by atoms with Crippen molar-refractivity contribution < 1.29 is 9.53 Å². The van der Waals surface area contributed by atoms with Gasteiger partial charge in [-0.1, -0.05) is 23.7 Å². The van der Waals surface area contributed by atoms with E-state index in [1.165, 1.54) is 17.6 Å². The molecule has 9 heteroatoms. The van der Waals surface area contributed by atoms with Crippen molar-refractivity contribution in [3.63, 3.8) is 0 Å². The molecule has 0 saturated carbocycles. The van der Waals surface area contributed by atoms with Crippen LogP contribution in [0, 0.1) is 0 Å². The Bertz CT molecular complexity index is 1560. The number of hydrogen-bond donors (Lipinski definition) is 1. The molecule has 0 bridgehead atoms. The standard InChI is InChI=1S/C24H18ClN5O3/c1-33-21-7-6-16(12-17(21)25)27-22(31)14-29-19-4-2-3-5-20(19)30-23(32)13-18(28-24(29)30)15-8-10-26-11-9-15/h2-13H,14H2,1H3,(H,27,31). The molecule has 2 aromatic carbocycles. The van der Waals surface area contributed by atoms with Gasteiger partial charge in [-0.05, 0) is 42.5 Å². The lowest BCUT2D eigenvalue weighted by atomic mass is 10.2. The van der Waals surface area contributed by atoms with Gasteiger partial charge in [-0.15, -0.1) is 0 Å². The molecule has 0 aliphatic rings. The van der Waals surface area contributed by atoms with Gasteiger partial charge in [0.25, 0.3) is 5.56 Å². The number of imidazole rings is 1. The number of ether oxygens (including phenoxy) is 1. The first-order chi connectivity index (χ1) is 16.0. The highest BCUT2D eigenvalue weighted by Gasteiger charge is 2.17. The fraction of sp³-hybridized carbons (Fsp3) is 0.0833. The highest BCUT2D eigenvalue weighted by atomic mass is 35.5. The van der Waals surface area contributed by atoms with Crippen LogP contribution in [0.2, 0.25) is 5.02 Å². The number of fused-ring (bicyclic) bond motifs is 3. The number of nitrogens with one attached hydrogen (secondary N) is 1. The Morgan fingerprint density at radius 3 is 2.55 bits per heavy atom. The fourth-order valence-corrected chi connectivity index (χ4v) is 4.04. The van der Waals surface area contributed by atoms with Crippen molar-refractivity contribution in [1.29, 1.82) is 0 Å². The van der Waals surface area contributed by atoms with E-state index >= 15 is 0 Å². The van der Waals surface area contributed by atoms with Crippen LogP contribution in [-0.4, -0.2) is 32.0 Å². The van der Waals surface area contributed by atoms with E-state index in [0.717, 1.165) is 11.1 Å². The summed E-state index contributed by atoms with van der Waals surface area (Å²) in [6.45, 7) is -0.0487. The van der Waals surface area contributed by atoms with Gasteiger partial charge in [-0.2, -0.15) is 0 Å². The molecule has 5 aromatic rings. The molecule has 3 heterocycles. The van der Waals surface area contributed by atoms with Crippen LogP contribution in [0.5, 0.6) is 5.75 Å². The number of anilines is 1. The van der Waals surface area contributed by atoms with Gasteiger partial charge in [0.1, 0.15) is 12.3 Å². The van der Waals surface area contributed by atoms with E-state index in [1.807, 2.05) is 24.3 Å². The third kappa shape index (κ3) is 3.81. The first kappa shape index (κ1) is 20.7. The third-order valence-electron chi connectivity index (χ3n) is 5.27. The number of amides is 1. The Balaban J connectivity index is 1.59. The van der Waals surface area contributed by atoms with Gasteiger partial charge < -0.3 is 14.6 Å². The number of nitrogens with zero attached hydrogens (tertiary/aromatic N) is 4. The molecule has 0 spiro atoms. The summed E-state index contributed by atoms with van der Waals surface area (Å²) in [7, 11) is 1.52. The molecular weight excluding hydrogens is 442 g/mol. The molecule has 0 aliphatic heterocycles. The lowest BCUT2D eigenvalue weighted by molar-refractivity contribution is -0.116. The van der Waals surface area contributed by atoms with Crippen molar-refractivity contribution >= 4 is 40.0 Å². The number of methoxy groups -OCH3 is 1. The van der Waals surface area contributed by atoms with Crippen molar-refractivity contribution in [2.24, 2.45) is 0 Å². The lowest BCUT2D eigenvalue weighted by Crippen LogP contribution is -2.20. The highest BCUT2D eigenvalue weighted by Crippen LogP contribution is 2.27.